The lowest BCUT2D eigenvalue weighted by molar-refractivity contribution is -0.137. The molecular weight excluding hydrogens is 225 g/mol. The summed E-state index contributed by atoms with van der Waals surface area (Å²) in [5.74, 6) is 0. The van der Waals surface area contributed by atoms with E-state index in [4.69, 9.17) is 0 Å². The molecule has 0 amide bonds. The minimum atomic E-state index is -4.25. The maximum atomic E-state index is 12.4. The Kier molecular flexibility index (Phi) is 5.24. The first kappa shape index (κ1) is 16.0. The van der Waals surface area contributed by atoms with Crippen molar-refractivity contribution in [1.29, 1.82) is 0 Å². The number of aryl methyl sites for hydroxylation is 1. The highest BCUT2D eigenvalue weighted by atomic mass is 19.4. The number of alkyl halides is 3. The topological polar surface area (TPSA) is 0 Å². The number of hydrogen-bond acceptors (Lipinski definition) is 0. The highest BCUT2D eigenvalue weighted by Gasteiger charge is 2.31. The molecule has 98 valence electrons. The van der Waals surface area contributed by atoms with E-state index < -0.39 is 11.7 Å². The zero-order valence-corrected chi connectivity index (χ0v) is 11.4. The van der Waals surface area contributed by atoms with Crippen molar-refractivity contribution in [1.82, 2.24) is 0 Å². The lowest BCUT2D eigenvalue weighted by Gasteiger charge is -2.22. The fraction of sp³-hybridized carbons (Fsp3) is 0.571. The van der Waals surface area contributed by atoms with Gasteiger partial charge in [0.25, 0.3) is 0 Å². The third-order valence-corrected chi connectivity index (χ3v) is 2.36. The Balaban J connectivity index is 0.00000121. The highest BCUT2D eigenvalue weighted by Crippen LogP contribution is 2.33. The van der Waals surface area contributed by atoms with Gasteiger partial charge in [-0.3, -0.25) is 0 Å². The third-order valence-electron chi connectivity index (χ3n) is 2.36. The second-order valence-corrected chi connectivity index (χ2v) is 4.78. The first-order chi connectivity index (χ1) is 7.62. The normalized spacial score (nSPS) is 11.8. The van der Waals surface area contributed by atoms with E-state index in [0.717, 1.165) is 11.6 Å². The van der Waals surface area contributed by atoms with Crippen LogP contribution >= 0.6 is 0 Å². The van der Waals surface area contributed by atoms with Gasteiger partial charge in [0.05, 0.1) is 5.56 Å². The molecule has 3 heteroatoms. The average Bonchev–Trinajstić information content (AvgIpc) is 2.17. The molecule has 1 aromatic rings. The predicted molar refractivity (Wildman–Crippen MR) is 66.2 cm³/mol. The van der Waals surface area contributed by atoms with E-state index in [-0.39, 0.29) is 5.41 Å². The zero-order chi connectivity index (χ0) is 13.9. The Labute approximate surface area is 102 Å². The van der Waals surface area contributed by atoms with Crippen LogP contribution in [0.2, 0.25) is 0 Å². The van der Waals surface area contributed by atoms with Crippen LogP contribution in [0.1, 0.15) is 51.3 Å². The van der Waals surface area contributed by atoms with Crippen LogP contribution in [0.3, 0.4) is 0 Å². The monoisotopic (exact) mass is 246 g/mol. The molecule has 0 aromatic heterocycles. The van der Waals surface area contributed by atoms with Gasteiger partial charge in [0.2, 0.25) is 0 Å². The quantitative estimate of drug-likeness (QED) is 0.579. The van der Waals surface area contributed by atoms with Gasteiger partial charge < -0.3 is 0 Å². The summed E-state index contributed by atoms with van der Waals surface area (Å²) in [7, 11) is 0. The second kappa shape index (κ2) is 5.56. The largest absolute Gasteiger partial charge is 0.416 e. The van der Waals surface area contributed by atoms with Crippen molar-refractivity contribution in [2.45, 2.75) is 53.1 Å². The summed E-state index contributed by atoms with van der Waals surface area (Å²) < 4.78 is 37.2. The minimum Gasteiger partial charge on any atom is -0.166 e. The molecule has 0 fully saturated rings. The van der Waals surface area contributed by atoms with E-state index in [2.05, 4.69) is 0 Å². The summed E-state index contributed by atoms with van der Waals surface area (Å²) in [5, 5.41) is 0. The van der Waals surface area contributed by atoms with Gasteiger partial charge in [0.1, 0.15) is 0 Å². The fourth-order valence-corrected chi connectivity index (χ4v) is 1.68. The van der Waals surface area contributed by atoms with E-state index in [0.29, 0.717) is 5.56 Å². The standard InChI is InChI=1S/C12H15F3.C2H6/c1-8-7-9(12(13,14)15)5-6-10(8)11(2,3)4;1-2/h5-7H,1-4H3;1-2H3. The lowest BCUT2D eigenvalue weighted by atomic mass is 9.83. The van der Waals surface area contributed by atoms with Crippen LogP contribution in [0.4, 0.5) is 13.2 Å². The molecule has 0 bridgehead atoms. The molecule has 0 spiro atoms. The van der Waals surface area contributed by atoms with Gasteiger partial charge in [-0.15, -0.1) is 0 Å². The zero-order valence-electron chi connectivity index (χ0n) is 11.4. The maximum absolute atomic E-state index is 12.4. The van der Waals surface area contributed by atoms with E-state index in [1.54, 1.807) is 13.0 Å². The maximum Gasteiger partial charge on any atom is 0.416 e. The molecule has 17 heavy (non-hydrogen) atoms. The fourth-order valence-electron chi connectivity index (χ4n) is 1.68. The van der Waals surface area contributed by atoms with E-state index in [1.807, 2.05) is 34.6 Å². The van der Waals surface area contributed by atoms with Gasteiger partial charge in [-0.25, -0.2) is 0 Å². The summed E-state index contributed by atoms with van der Waals surface area (Å²) in [5.41, 5.74) is 0.953. The minimum absolute atomic E-state index is 0.117. The number of hydrogen-bond donors (Lipinski definition) is 0. The SMILES string of the molecule is CC.Cc1cc(C(F)(F)F)ccc1C(C)(C)C. The summed E-state index contributed by atoms with van der Waals surface area (Å²) >= 11 is 0. The van der Waals surface area contributed by atoms with Crippen LogP contribution in [0.25, 0.3) is 0 Å². The van der Waals surface area contributed by atoms with Crippen LogP contribution in [-0.4, -0.2) is 0 Å². The Morgan fingerprint density at radius 2 is 1.41 bits per heavy atom. The third kappa shape index (κ3) is 4.41. The van der Waals surface area contributed by atoms with Crippen LogP contribution in [-0.2, 0) is 11.6 Å². The summed E-state index contributed by atoms with van der Waals surface area (Å²) in [6, 6.07) is 3.92. The van der Waals surface area contributed by atoms with Crippen molar-refractivity contribution in [2.75, 3.05) is 0 Å². The van der Waals surface area contributed by atoms with Crippen molar-refractivity contribution < 1.29 is 13.2 Å². The molecule has 0 aliphatic heterocycles. The van der Waals surface area contributed by atoms with Gasteiger partial charge in [-0.1, -0.05) is 40.7 Å². The first-order valence-corrected chi connectivity index (χ1v) is 5.80. The summed E-state index contributed by atoms with van der Waals surface area (Å²) in [4.78, 5) is 0. The molecule has 0 saturated carbocycles. The van der Waals surface area contributed by atoms with E-state index in [1.165, 1.54) is 6.07 Å². The molecule has 1 rings (SSSR count). The number of benzene rings is 1. The van der Waals surface area contributed by atoms with Crippen molar-refractivity contribution in [3.8, 4) is 0 Å². The Hall–Kier alpha value is -0.990. The highest BCUT2D eigenvalue weighted by molar-refractivity contribution is 5.36. The van der Waals surface area contributed by atoms with Crippen molar-refractivity contribution in [3.63, 3.8) is 0 Å². The molecule has 0 radical (unpaired) electrons. The van der Waals surface area contributed by atoms with Crippen molar-refractivity contribution >= 4 is 0 Å². The Morgan fingerprint density at radius 3 is 1.71 bits per heavy atom. The van der Waals surface area contributed by atoms with E-state index in [9.17, 15) is 13.2 Å². The first-order valence-electron chi connectivity index (χ1n) is 5.80. The van der Waals surface area contributed by atoms with Crippen molar-refractivity contribution in [2.24, 2.45) is 0 Å². The predicted octanol–water partition coefficient (Wildman–Crippen LogP) is 5.34. The number of rotatable bonds is 0. The molecule has 0 aliphatic carbocycles. The van der Waals surface area contributed by atoms with Crippen molar-refractivity contribution in [3.05, 3.63) is 34.9 Å². The van der Waals surface area contributed by atoms with Crippen LogP contribution in [0, 0.1) is 6.92 Å². The molecule has 0 heterocycles. The molecule has 0 unspecified atom stereocenters. The average molecular weight is 246 g/mol. The smallest absolute Gasteiger partial charge is 0.166 e. The van der Waals surface area contributed by atoms with Crippen LogP contribution in [0.5, 0.6) is 0 Å². The summed E-state index contributed by atoms with van der Waals surface area (Å²) in [6.07, 6.45) is -4.25. The molecule has 0 saturated heterocycles. The summed E-state index contributed by atoms with van der Waals surface area (Å²) in [6.45, 7) is 11.7. The molecule has 0 nitrogen and oxygen atoms in total. The van der Waals surface area contributed by atoms with Crippen LogP contribution in [0.15, 0.2) is 18.2 Å². The number of halogens is 3. The Morgan fingerprint density at radius 1 is 0.941 bits per heavy atom. The van der Waals surface area contributed by atoms with Gasteiger partial charge >= 0.3 is 6.18 Å². The van der Waals surface area contributed by atoms with Gasteiger partial charge in [0, 0.05) is 0 Å². The molecule has 0 N–H and O–H groups in total. The van der Waals surface area contributed by atoms with E-state index >= 15 is 0 Å². The van der Waals surface area contributed by atoms with Gasteiger partial charge in [-0.05, 0) is 35.6 Å². The molecule has 1 aromatic carbocycles. The van der Waals surface area contributed by atoms with Gasteiger partial charge in [0.15, 0.2) is 0 Å². The molecule has 0 atom stereocenters. The molecular formula is C14H21F3. The van der Waals surface area contributed by atoms with Gasteiger partial charge in [-0.2, -0.15) is 13.2 Å². The second-order valence-electron chi connectivity index (χ2n) is 4.78. The Bertz CT molecular complexity index is 357. The lowest BCUT2D eigenvalue weighted by Crippen LogP contribution is -2.14. The van der Waals surface area contributed by atoms with Crippen LogP contribution < -0.4 is 0 Å². The molecule has 0 aliphatic rings.